The fourth-order valence-corrected chi connectivity index (χ4v) is 0.489. The van der Waals surface area contributed by atoms with E-state index in [1.807, 2.05) is 0 Å². The minimum atomic E-state index is -0.0281. The van der Waals surface area contributed by atoms with Crippen molar-refractivity contribution < 1.29 is 9.90 Å². The molecule has 1 N–H and O–H groups in total. The van der Waals surface area contributed by atoms with Gasteiger partial charge in [-0.2, -0.15) is 0 Å². The molecule has 0 aromatic heterocycles. The van der Waals surface area contributed by atoms with E-state index in [0.717, 1.165) is 11.8 Å². The number of hydrogen-bond donors (Lipinski definition) is 1. The maximum absolute atomic E-state index is 10.2. The topological polar surface area (TPSA) is 37.3 Å². The van der Waals surface area contributed by atoms with Crippen molar-refractivity contribution in [2.24, 2.45) is 0 Å². The second kappa shape index (κ2) is 4.15. The minimum Gasteiger partial charge on any atom is -0.396 e. The molecule has 0 radical (unpaired) electrons. The molecule has 0 bridgehead atoms. The molecule has 3 heteroatoms. The average molecular weight is 120 g/mol. The van der Waals surface area contributed by atoms with E-state index in [9.17, 15) is 4.79 Å². The van der Waals surface area contributed by atoms with Crippen molar-refractivity contribution in [3.8, 4) is 0 Å². The summed E-state index contributed by atoms with van der Waals surface area (Å²) in [6.07, 6.45) is 1.99. The lowest BCUT2D eigenvalue weighted by Gasteiger charge is -1.86. The lowest BCUT2D eigenvalue weighted by atomic mass is 10.5. The van der Waals surface area contributed by atoms with E-state index >= 15 is 0 Å². The first-order chi connectivity index (χ1) is 3.31. The van der Waals surface area contributed by atoms with E-state index in [-0.39, 0.29) is 18.1 Å². The Morgan fingerprint density at radius 1 is 1.86 bits per heavy atom. The highest BCUT2D eigenvalue weighted by Gasteiger charge is 1.93. The van der Waals surface area contributed by atoms with Crippen molar-refractivity contribution in [3.05, 3.63) is 0 Å². The van der Waals surface area contributed by atoms with Crippen LogP contribution in [0.4, 0.5) is 0 Å². The molecule has 0 heterocycles. The zero-order chi connectivity index (χ0) is 5.70. The fourth-order valence-electron chi connectivity index (χ4n) is 0.193. The van der Waals surface area contributed by atoms with Crippen molar-refractivity contribution in [2.75, 3.05) is 12.9 Å². The van der Waals surface area contributed by atoms with Gasteiger partial charge in [-0.05, 0) is 6.26 Å². The summed E-state index contributed by atoms with van der Waals surface area (Å²) in [6.45, 7) is -0.0281. The van der Waals surface area contributed by atoms with E-state index in [2.05, 4.69) is 0 Å². The third-order valence-electron chi connectivity index (χ3n) is 0.544. The summed E-state index contributed by atoms with van der Waals surface area (Å²) in [6, 6.07) is 0. The van der Waals surface area contributed by atoms with Gasteiger partial charge >= 0.3 is 0 Å². The van der Waals surface area contributed by atoms with Crippen LogP contribution in [-0.2, 0) is 4.79 Å². The molecule has 0 aliphatic heterocycles. The first-order valence-electron chi connectivity index (χ1n) is 1.99. The number of aliphatic hydroxyl groups excluding tert-OH is 1. The van der Waals surface area contributed by atoms with E-state index in [1.54, 1.807) is 6.26 Å². The van der Waals surface area contributed by atoms with Crippen molar-refractivity contribution in [1.82, 2.24) is 0 Å². The predicted octanol–water partition coefficient (Wildman–Crippen LogP) is 0.258. The number of carbonyl (C=O) groups excluding carboxylic acids is 1. The Hall–Kier alpha value is -0.0200. The third kappa shape index (κ3) is 3.82. The highest BCUT2D eigenvalue weighted by atomic mass is 32.2. The van der Waals surface area contributed by atoms with Crippen molar-refractivity contribution in [1.29, 1.82) is 0 Å². The maximum atomic E-state index is 10.2. The van der Waals surface area contributed by atoms with Crippen LogP contribution >= 0.6 is 11.8 Å². The molecule has 2 nitrogen and oxygen atoms in total. The Balaban J connectivity index is 3.00. The largest absolute Gasteiger partial charge is 0.396 e. The summed E-state index contributed by atoms with van der Waals surface area (Å²) in [5, 5.41) is 8.18. The minimum absolute atomic E-state index is 0.0281. The summed E-state index contributed by atoms with van der Waals surface area (Å²) >= 11 is 1.15. The Morgan fingerprint density at radius 3 is 2.57 bits per heavy atom. The molecule has 7 heavy (non-hydrogen) atoms. The van der Waals surface area contributed by atoms with Crippen LogP contribution in [0.15, 0.2) is 0 Å². The zero-order valence-corrected chi connectivity index (χ0v) is 4.99. The van der Waals surface area contributed by atoms with Gasteiger partial charge in [0.05, 0.1) is 6.61 Å². The third-order valence-corrected chi connectivity index (χ3v) is 1.20. The van der Waals surface area contributed by atoms with Gasteiger partial charge in [0.2, 0.25) is 0 Å². The first kappa shape index (κ1) is 6.98. The van der Waals surface area contributed by atoms with Gasteiger partial charge in [0.25, 0.3) is 0 Å². The van der Waals surface area contributed by atoms with Crippen molar-refractivity contribution in [3.63, 3.8) is 0 Å². The lowest BCUT2D eigenvalue weighted by Crippen LogP contribution is -1.92. The van der Waals surface area contributed by atoms with Crippen LogP contribution in [0.1, 0.15) is 6.42 Å². The molecule has 0 atom stereocenters. The summed E-state index contributed by atoms with van der Waals surface area (Å²) in [5.74, 6) is 0. The molecular weight excluding hydrogens is 112 g/mol. The predicted molar refractivity (Wildman–Crippen MR) is 30.2 cm³/mol. The second-order valence-corrected chi connectivity index (χ2v) is 1.91. The molecular formula is C4H8O2S. The molecule has 42 valence electrons. The molecule has 0 spiro atoms. The van der Waals surface area contributed by atoms with E-state index in [0.29, 0.717) is 0 Å². The molecule has 0 aromatic rings. The summed E-state index contributed by atoms with van der Waals surface area (Å²) < 4.78 is 0. The highest BCUT2D eigenvalue weighted by molar-refractivity contribution is 8.13. The van der Waals surface area contributed by atoms with Gasteiger partial charge < -0.3 is 5.11 Å². The number of hydrogen-bond acceptors (Lipinski definition) is 3. The Kier molecular flexibility index (Phi) is 4.14. The van der Waals surface area contributed by atoms with Gasteiger partial charge in [0.15, 0.2) is 5.12 Å². The van der Waals surface area contributed by atoms with E-state index < -0.39 is 0 Å². The number of rotatable bonds is 2. The number of carbonyl (C=O) groups is 1. The smallest absolute Gasteiger partial charge is 0.190 e. The van der Waals surface area contributed by atoms with Crippen LogP contribution in [0.2, 0.25) is 0 Å². The normalized spacial score (nSPS) is 8.86. The number of thioether (sulfide) groups is 1. The molecule has 0 fully saturated rings. The monoisotopic (exact) mass is 120 g/mol. The molecule has 0 aromatic carbocycles. The quantitative estimate of drug-likeness (QED) is 0.568. The average Bonchev–Trinajstić information content (AvgIpc) is 1.68. The van der Waals surface area contributed by atoms with Gasteiger partial charge in [0.1, 0.15) is 0 Å². The van der Waals surface area contributed by atoms with Gasteiger partial charge in [-0.15, -0.1) is 0 Å². The maximum Gasteiger partial charge on any atom is 0.190 e. The van der Waals surface area contributed by atoms with Crippen LogP contribution in [-0.4, -0.2) is 23.1 Å². The molecule has 0 aliphatic carbocycles. The fraction of sp³-hybridized carbons (Fsp3) is 0.750. The van der Waals surface area contributed by atoms with Gasteiger partial charge in [0, 0.05) is 6.42 Å². The SMILES string of the molecule is CSC(=O)CCO. The van der Waals surface area contributed by atoms with E-state index in [4.69, 9.17) is 5.11 Å². The standard InChI is InChI=1S/C4H8O2S/c1-7-4(6)2-3-5/h5H,2-3H2,1H3. The van der Waals surface area contributed by atoms with Crippen LogP contribution in [0.25, 0.3) is 0 Å². The van der Waals surface area contributed by atoms with Crippen LogP contribution in [0.5, 0.6) is 0 Å². The van der Waals surface area contributed by atoms with Crippen LogP contribution in [0, 0.1) is 0 Å². The molecule has 0 saturated heterocycles. The van der Waals surface area contributed by atoms with Crippen molar-refractivity contribution in [2.45, 2.75) is 6.42 Å². The van der Waals surface area contributed by atoms with Gasteiger partial charge in [-0.25, -0.2) is 0 Å². The van der Waals surface area contributed by atoms with Crippen molar-refractivity contribution >= 4 is 16.9 Å². The van der Waals surface area contributed by atoms with Gasteiger partial charge in [-0.1, -0.05) is 11.8 Å². The highest BCUT2D eigenvalue weighted by Crippen LogP contribution is 1.96. The lowest BCUT2D eigenvalue weighted by molar-refractivity contribution is -0.111. The first-order valence-corrected chi connectivity index (χ1v) is 3.21. The second-order valence-electron chi connectivity index (χ2n) is 1.05. The number of aliphatic hydroxyl groups is 1. The molecule has 0 aliphatic rings. The molecule has 0 saturated carbocycles. The Bertz CT molecular complexity index is 62.7. The van der Waals surface area contributed by atoms with E-state index in [1.165, 1.54) is 0 Å². The van der Waals surface area contributed by atoms with Crippen LogP contribution in [0.3, 0.4) is 0 Å². The zero-order valence-electron chi connectivity index (χ0n) is 4.18. The molecule has 0 rings (SSSR count). The van der Waals surface area contributed by atoms with Gasteiger partial charge in [-0.3, -0.25) is 4.79 Å². The molecule has 0 amide bonds. The Labute approximate surface area is 46.9 Å². The summed E-state index contributed by atoms with van der Waals surface area (Å²) in [7, 11) is 0. The molecule has 0 unspecified atom stereocenters. The summed E-state index contributed by atoms with van der Waals surface area (Å²) in [5.41, 5.74) is 0. The Morgan fingerprint density at radius 2 is 2.43 bits per heavy atom. The summed E-state index contributed by atoms with van der Waals surface area (Å²) in [4.78, 5) is 10.2. The van der Waals surface area contributed by atoms with Crippen LogP contribution < -0.4 is 0 Å².